The molecule has 0 radical (unpaired) electrons. The standard InChI is InChI=1S/C17H15F6N5O3S/c18-16(19,20)11-5-10(6-12(7-11)17(21,22)23)15-24-9-28(27-15)3-1-14(29)26-25-13-2-4-32(30,31)8-13/h5-7,9H,1-4,8H2,(H,26,29)/b25-13-. The molecule has 1 fully saturated rings. The number of carbonyl (C=O) groups excluding carboxylic acids is 1. The summed E-state index contributed by atoms with van der Waals surface area (Å²) in [4.78, 5) is 15.6. The molecule has 2 aromatic rings. The largest absolute Gasteiger partial charge is 0.416 e. The lowest BCUT2D eigenvalue weighted by molar-refractivity contribution is -0.143. The van der Waals surface area contributed by atoms with Crippen molar-refractivity contribution in [2.45, 2.75) is 31.7 Å². The average molecular weight is 483 g/mol. The van der Waals surface area contributed by atoms with E-state index in [9.17, 15) is 39.6 Å². The summed E-state index contributed by atoms with van der Waals surface area (Å²) in [5.74, 6) is -1.25. The number of hydrazone groups is 1. The molecule has 2 heterocycles. The van der Waals surface area contributed by atoms with E-state index in [1.54, 1.807) is 0 Å². The van der Waals surface area contributed by atoms with Crippen molar-refractivity contribution in [2.75, 3.05) is 11.5 Å². The highest BCUT2D eigenvalue weighted by Crippen LogP contribution is 2.38. The minimum Gasteiger partial charge on any atom is -0.273 e. The lowest BCUT2D eigenvalue weighted by Gasteiger charge is -2.13. The first kappa shape index (κ1) is 23.7. The van der Waals surface area contributed by atoms with Crippen molar-refractivity contribution >= 4 is 21.5 Å². The molecule has 1 saturated heterocycles. The third-order valence-corrected chi connectivity index (χ3v) is 5.98. The monoisotopic (exact) mass is 483 g/mol. The van der Waals surface area contributed by atoms with Crippen LogP contribution in [0.15, 0.2) is 29.6 Å². The number of rotatable bonds is 5. The quantitative estimate of drug-likeness (QED) is 0.520. The second kappa shape index (κ2) is 8.52. The van der Waals surface area contributed by atoms with Crippen LogP contribution in [0.5, 0.6) is 0 Å². The molecule has 1 aromatic carbocycles. The van der Waals surface area contributed by atoms with Gasteiger partial charge in [0.15, 0.2) is 15.7 Å². The first-order valence-electron chi connectivity index (χ1n) is 8.97. The molecule has 0 aliphatic carbocycles. The van der Waals surface area contributed by atoms with Crippen LogP contribution >= 0.6 is 0 Å². The number of halogens is 6. The fraction of sp³-hybridized carbons (Fsp3) is 0.412. The Morgan fingerprint density at radius 3 is 2.25 bits per heavy atom. The summed E-state index contributed by atoms with van der Waals surface area (Å²) >= 11 is 0. The maximum absolute atomic E-state index is 13.0. The van der Waals surface area contributed by atoms with E-state index >= 15 is 0 Å². The number of aryl methyl sites for hydroxylation is 1. The minimum absolute atomic E-state index is 0.00191. The van der Waals surface area contributed by atoms with Crippen molar-refractivity contribution in [1.82, 2.24) is 20.2 Å². The number of sulfone groups is 1. The van der Waals surface area contributed by atoms with Crippen LogP contribution < -0.4 is 5.43 Å². The predicted molar refractivity (Wildman–Crippen MR) is 98.9 cm³/mol. The van der Waals surface area contributed by atoms with E-state index in [0.717, 1.165) is 11.0 Å². The normalized spacial score (nSPS) is 17.6. The first-order chi connectivity index (χ1) is 14.7. The number of nitrogens with zero attached hydrogens (tertiary/aromatic N) is 4. The van der Waals surface area contributed by atoms with Crippen molar-refractivity contribution in [2.24, 2.45) is 5.10 Å². The highest BCUT2D eigenvalue weighted by atomic mass is 32.2. The summed E-state index contributed by atoms with van der Waals surface area (Å²) in [6.45, 7) is -0.0902. The Bertz CT molecular complexity index is 1120. The Hall–Kier alpha value is -2.97. The number of alkyl halides is 6. The van der Waals surface area contributed by atoms with Crippen LogP contribution in [0.3, 0.4) is 0 Å². The van der Waals surface area contributed by atoms with Gasteiger partial charge in [-0.3, -0.25) is 9.48 Å². The maximum Gasteiger partial charge on any atom is 0.416 e. The molecule has 1 aliphatic heterocycles. The highest BCUT2D eigenvalue weighted by Gasteiger charge is 2.37. The van der Waals surface area contributed by atoms with Crippen LogP contribution in [-0.2, 0) is 33.5 Å². The van der Waals surface area contributed by atoms with Crippen molar-refractivity contribution in [3.63, 3.8) is 0 Å². The number of nitrogens with one attached hydrogen (secondary N) is 1. The molecule has 1 aliphatic rings. The third kappa shape index (κ3) is 6.05. The van der Waals surface area contributed by atoms with E-state index in [2.05, 4.69) is 20.6 Å². The zero-order valence-corrected chi connectivity index (χ0v) is 16.9. The molecule has 1 amide bonds. The second-order valence-electron chi connectivity index (χ2n) is 6.93. The summed E-state index contributed by atoms with van der Waals surface area (Å²) in [6.07, 6.45) is -8.92. The molecular weight excluding hydrogens is 468 g/mol. The molecule has 1 N–H and O–H groups in total. The Labute approximate surface area is 177 Å². The first-order valence-corrected chi connectivity index (χ1v) is 10.8. The summed E-state index contributed by atoms with van der Waals surface area (Å²) in [5.41, 5.74) is -0.967. The van der Waals surface area contributed by atoms with E-state index < -0.39 is 44.8 Å². The Morgan fingerprint density at radius 2 is 1.72 bits per heavy atom. The van der Waals surface area contributed by atoms with Gasteiger partial charge in [-0.15, -0.1) is 0 Å². The molecule has 0 saturated carbocycles. The van der Waals surface area contributed by atoms with Gasteiger partial charge in [0.1, 0.15) is 6.33 Å². The topological polar surface area (TPSA) is 106 Å². The van der Waals surface area contributed by atoms with E-state index in [0.29, 0.717) is 17.8 Å². The molecule has 1 aromatic heterocycles. The van der Waals surface area contributed by atoms with Gasteiger partial charge in [-0.1, -0.05) is 0 Å². The molecule has 0 spiro atoms. The van der Waals surface area contributed by atoms with E-state index in [1.165, 1.54) is 0 Å². The molecule has 15 heteroatoms. The maximum atomic E-state index is 13.0. The Balaban J connectivity index is 1.69. The summed E-state index contributed by atoms with van der Waals surface area (Å²) < 4.78 is 102. The lowest BCUT2D eigenvalue weighted by Crippen LogP contribution is -2.21. The van der Waals surface area contributed by atoms with Gasteiger partial charge in [-0.2, -0.15) is 36.5 Å². The summed E-state index contributed by atoms with van der Waals surface area (Å²) in [6, 6.07) is 1.02. The zero-order chi connectivity index (χ0) is 23.7. The van der Waals surface area contributed by atoms with Crippen molar-refractivity contribution in [3.05, 3.63) is 35.7 Å². The van der Waals surface area contributed by atoms with Gasteiger partial charge in [0.05, 0.1) is 34.9 Å². The summed E-state index contributed by atoms with van der Waals surface area (Å²) in [7, 11) is -3.19. The minimum atomic E-state index is -5.00. The molecule has 3 rings (SSSR count). The Kier molecular flexibility index (Phi) is 6.31. The number of benzene rings is 1. The van der Waals surface area contributed by atoms with Gasteiger partial charge in [-0.25, -0.2) is 18.8 Å². The van der Waals surface area contributed by atoms with Gasteiger partial charge in [0, 0.05) is 18.4 Å². The number of aromatic nitrogens is 3. The van der Waals surface area contributed by atoms with Crippen LogP contribution in [-0.4, -0.2) is 46.3 Å². The van der Waals surface area contributed by atoms with Gasteiger partial charge < -0.3 is 0 Å². The molecule has 174 valence electrons. The van der Waals surface area contributed by atoms with Gasteiger partial charge in [-0.05, 0) is 18.2 Å². The van der Waals surface area contributed by atoms with E-state index in [-0.39, 0.29) is 42.8 Å². The smallest absolute Gasteiger partial charge is 0.273 e. The van der Waals surface area contributed by atoms with Crippen molar-refractivity contribution in [1.29, 1.82) is 0 Å². The molecule has 0 bridgehead atoms. The van der Waals surface area contributed by atoms with Crippen LogP contribution in [0.1, 0.15) is 24.0 Å². The second-order valence-corrected chi connectivity index (χ2v) is 9.11. The van der Waals surface area contributed by atoms with Gasteiger partial charge in [0.25, 0.3) is 0 Å². The van der Waals surface area contributed by atoms with E-state index in [1.807, 2.05) is 0 Å². The van der Waals surface area contributed by atoms with Crippen molar-refractivity contribution < 1.29 is 39.6 Å². The van der Waals surface area contributed by atoms with Crippen LogP contribution in [0, 0.1) is 0 Å². The molecular formula is C17H15F6N5O3S. The van der Waals surface area contributed by atoms with E-state index in [4.69, 9.17) is 0 Å². The number of amides is 1. The van der Waals surface area contributed by atoms with Gasteiger partial charge >= 0.3 is 12.4 Å². The van der Waals surface area contributed by atoms with Crippen molar-refractivity contribution in [3.8, 4) is 11.4 Å². The number of hydrogen-bond acceptors (Lipinski definition) is 6. The van der Waals surface area contributed by atoms with Crippen LogP contribution in [0.25, 0.3) is 11.4 Å². The zero-order valence-electron chi connectivity index (χ0n) is 16.0. The number of hydrogen-bond donors (Lipinski definition) is 1. The molecule has 32 heavy (non-hydrogen) atoms. The molecule has 0 atom stereocenters. The van der Waals surface area contributed by atoms with Crippen LogP contribution in [0.2, 0.25) is 0 Å². The highest BCUT2D eigenvalue weighted by molar-refractivity contribution is 7.92. The summed E-state index contributed by atoms with van der Waals surface area (Å²) in [5, 5.41) is 7.56. The Morgan fingerprint density at radius 1 is 1.09 bits per heavy atom. The average Bonchev–Trinajstić information content (AvgIpc) is 3.29. The number of carbonyl (C=O) groups is 1. The fourth-order valence-corrected chi connectivity index (χ4v) is 4.20. The van der Waals surface area contributed by atoms with Crippen LogP contribution in [0.4, 0.5) is 26.3 Å². The fourth-order valence-electron chi connectivity index (χ4n) is 2.79. The predicted octanol–water partition coefficient (Wildman–Crippen LogP) is 2.66. The third-order valence-electron chi connectivity index (χ3n) is 4.38. The molecule has 0 unspecified atom stereocenters. The lowest BCUT2D eigenvalue weighted by atomic mass is 10.0. The molecule has 8 nitrogen and oxygen atoms in total. The van der Waals surface area contributed by atoms with Gasteiger partial charge in [0.2, 0.25) is 5.91 Å². The SMILES string of the molecule is O=C(CCn1cnc(-c2cc(C(F)(F)F)cc(C(F)(F)F)c2)n1)N/N=C1/CCS(=O)(=O)C1.